The number of carbonyl (C=O) groups is 2. The summed E-state index contributed by atoms with van der Waals surface area (Å²) < 4.78 is 7.68. The van der Waals surface area contributed by atoms with Gasteiger partial charge < -0.3 is 19.3 Å². The number of hydrogen-bond donors (Lipinski definition) is 1. The van der Waals surface area contributed by atoms with Crippen LogP contribution in [0.4, 0.5) is 0 Å². The van der Waals surface area contributed by atoms with Crippen molar-refractivity contribution in [3.05, 3.63) is 100 Å². The molecule has 1 aliphatic heterocycles. The molecule has 3 aromatic carbocycles. The Morgan fingerprint density at radius 1 is 1.06 bits per heavy atom. The molecule has 0 radical (unpaired) electrons. The molecule has 0 saturated heterocycles. The van der Waals surface area contributed by atoms with E-state index < -0.39 is 18.6 Å². The Bertz CT molecular complexity index is 1430. The molecule has 0 spiro atoms. The first-order valence-corrected chi connectivity index (χ1v) is 11.8. The molecule has 1 amide bonds. The summed E-state index contributed by atoms with van der Waals surface area (Å²) in [5.41, 5.74) is 5.01. The van der Waals surface area contributed by atoms with Gasteiger partial charge >= 0.3 is 5.97 Å². The van der Waals surface area contributed by atoms with Crippen molar-refractivity contribution in [2.24, 2.45) is 7.05 Å². The van der Waals surface area contributed by atoms with Crippen molar-refractivity contribution < 1.29 is 19.4 Å². The van der Waals surface area contributed by atoms with Crippen molar-refractivity contribution in [1.82, 2.24) is 9.47 Å². The summed E-state index contributed by atoms with van der Waals surface area (Å²) in [6.45, 7) is -0.00186. The average molecular weight is 489 g/mol. The summed E-state index contributed by atoms with van der Waals surface area (Å²) >= 11 is 6.33. The van der Waals surface area contributed by atoms with Crippen LogP contribution in [0.15, 0.2) is 72.9 Å². The van der Waals surface area contributed by atoms with Crippen LogP contribution in [-0.2, 0) is 29.6 Å². The number of aryl methyl sites for hydroxylation is 2. The normalized spacial score (nSPS) is 14.8. The summed E-state index contributed by atoms with van der Waals surface area (Å²) in [5, 5.41) is 10.8. The minimum absolute atomic E-state index is 0.0169. The lowest BCUT2D eigenvalue weighted by Gasteiger charge is -2.27. The van der Waals surface area contributed by atoms with Gasteiger partial charge in [-0.2, -0.15) is 0 Å². The highest BCUT2D eigenvalue weighted by Gasteiger charge is 2.36. The van der Waals surface area contributed by atoms with Crippen molar-refractivity contribution in [2.75, 3.05) is 6.61 Å². The van der Waals surface area contributed by atoms with E-state index in [1.54, 1.807) is 18.2 Å². The number of ether oxygens (including phenoxy) is 1. The zero-order valence-electron chi connectivity index (χ0n) is 19.3. The van der Waals surface area contributed by atoms with Crippen molar-refractivity contribution in [3.63, 3.8) is 0 Å². The van der Waals surface area contributed by atoms with Gasteiger partial charge in [0.05, 0.1) is 6.04 Å². The fourth-order valence-corrected chi connectivity index (χ4v) is 5.15. The number of fused-ring (bicyclic) bond motifs is 2. The van der Waals surface area contributed by atoms with E-state index in [2.05, 4.69) is 22.9 Å². The fourth-order valence-electron chi connectivity index (χ4n) is 4.97. The highest BCUT2D eigenvalue weighted by molar-refractivity contribution is 6.30. The van der Waals surface area contributed by atoms with E-state index in [1.165, 1.54) is 0 Å². The van der Waals surface area contributed by atoms with Crippen molar-refractivity contribution in [3.8, 4) is 5.75 Å². The van der Waals surface area contributed by atoms with E-state index in [0.29, 0.717) is 35.7 Å². The highest BCUT2D eigenvalue weighted by Crippen LogP contribution is 2.43. The number of carboxylic acids is 1. The van der Waals surface area contributed by atoms with Crippen LogP contribution in [0.2, 0.25) is 5.02 Å². The number of halogens is 1. The quantitative estimate of drug-likeness (QED) is 0.380. The van der Waals surface area contributed by atoms with Gasteiger partial charge in [0, 0.05) is 47.7 Å². The molecule has 4 aromatic rings. The van der Waals surface area contributed by atoms with Gasteiger partial charge in [0.25, 0.3) is 0 Å². The largest absolute Gasteiger partial charge is 0.482 e. The van der Waals surface area contributed by atoms with Gasteiger partial charge in [0.2, 0.25) is 5.91 Å². The maximum absolute atomic E-state index is 13.6. The predicted molar refractivity (Wildman–Crippen MR) is 135 cm³/mol. The number of aliphatic carboxylic acids is 1. The van der Waals surface area contributed by atoms with E-state index in [0.717, 1.165) is 27.6 Å². The molecular formula is C28H25ClN2O4. The van der Waals surface area contributed by atoms with Crippen LogP contribution in [-0.4, -0.2) is 33.1 Å². The number of para-hydroxylation sites is 1. The molecule has 1 atom stereocenters. The first-order chi connectivity index (χ1) is 16.9. The Balaban J connectivity index is 1.46. The second-order valence-electron chi connectivity index (χ2n) is 8.77. The lowest BCUT2D eigenvalue weighted by Crippen LogP contribution is -2.30. The number of nitrogens with zero attached hydrogens (tertiary/aromatic N) is 2. The summed E-state index contributed by atoms with van der Waals surface area (Å²) in [7, 11) is 2.01. The maximum Gasteiger partial charge on any atom is 0.341 e. The van der Waals surface area contributed by atoms with Crippen LogP contribution in [0.3, 0.4) is 0 Å². The van der Waals surface area contributed by atoms with E-state index in [-0.39, 0.29) is 5.91 Å². The van der Waals surface area contributed by atoms with Crippen LogP contribution in [0.1, 0.15) is 34.7 Å². The van der Waals surface area contributed by atoms with E-state index in [1.807, 2.05) is 48.3 Å². The molecule has 1 unspecified atom stereocenters. The Kier molecular flexibility index (Phi) is 6.22. The third-order valence-corrected chi connectivity index (χ3v) is 6.76. The number of rotatable bonds is 7. The second kappa shape index (κ2) is 9.47. The van der Waals surface area contributed by atoms with Gasteiger partial charge in [0.15, 0.2) is 6.61 Å². The lowest BCUT2D eigenvalue weighted by molar-refractivity contribution is -0.139. The molecule has 2 heterocycles. The predicted octanol–water partition coefficient (Wildman–Crippen LogP) is 5.36. The molecule has 0 bridgehead atoms. The first-order valence-electron chi connectivity index (χ1n) is 11.5. The van der Waals surface area contributed by atoms with Gasteiger partial charge in [-0.25, -0.2) is 4.79 Å². The van der Waals surface area contributed by atoms with Gasteiger partial charge in [-0.15, -0.1) is 0 Å². The number of carboxylic acid groups (broad SMARTS) is 1. The highest BCUT2D eigenvalue weighted by atomic mass is 35.5. The third-order valence-electron chi connectivity index (χ3n) is 6.53. The van der Waals surface area contributed by atoms with E-state index in [4.69, 9.17) is 21.4 Å². The zero-order chi connectivity index (χ0) is 24.5. The molecule has 178 valence electrons. The molecule has 35 heavy (non-hydrogen) atoms. The molecule has 6 nitrogen and oxygen atoms in total. The average Bonchev–Trinajstić information content (AvgIpc) is 3.40. The fraction of sp³-hybridized carbons (Fsp3) is 0.214. The number of hydrogen-bond acceptors (Lipinski definition) is 3. The Hall–Kier alpha value is -3.77. The smallest absolute Gasteiger partial charge is 0.341 e. The van der Waals surface area contributed by atoms with Crippen molar-refractivity contribution >= 4 is 34.4 Å². The van der Waals surface area contributed by atoms with E-state index in [9.17, 15) is 9.59 Å². The number of amides is 1. The van der Waals surface area contributed by atoms with Crippen LogP contribution >= 0.6 is 11.6 Å². The summed E-state index contributed by atoms with van der Waals surface area (Å²) in [5.74, 6) is -0.644. The summed E-state index contributed by atoms with van der Waals surface area (Å²) in [6, 6.07) is 20.8. The summed E-state index contributed by atoms with van der Waals surface area (Å²) in [4.78, 5) is 26.6. The zero-order valence-corrected chi connectivity index (χ0v) is 20.0. The summed E-state index contributed by atoms with van der Waals surface area (Å²) in [6.07, 6.45) is 3.06. The van der Waals surface area contributed by atoms with Crippen LogP contribution in [0, 0.1) is 0 Å². The third kappa shape index (κ3) is 4.49. The number of carbonyl (C=O) groups excluding carboxylic acids is 1. The van der Waals surface area contributed by atoms with Crippen molar-refractivity contribution in [1.29, 1.82) is 0 Å². The molecule has 0 fully saturated rings. The molecule has 7 heteroatoms. The SMILES string of the molecule is Cn1cc(CCC(=O)N2Cc3ccccc3C2c2cc(Cl)ccc2OCC(=O)O)c2ccccc21. The number of benzene rings is 3. The van der Waals surface area contributed by atoms with Crippen LogP contribution < -0.4 is 4.74 Å². The minimum atomic E-state index is -1.07. The molecular weight excluding hydrogens is 464 g/mol. The van der Waals surface area contributed by atoms with Gasteiger partial charge in [0.1, 0.15) is 5.75 Å². The Morgan fingerprint density at radius 2 is 1.83 bits per heavy atom. The Labute approximate surface area is 208 Å². The molecule has 1 N–H and O–H groups in total. The first kappa shape index (κ1) is 23.0. The Morgan fingerprint density at radius 3 is 2.66 bits per heavy atom. The lowest BCUT2D eigenvalue weighted by atomic mass is 9.97. The van der Waals surface area contributed by atoms with E-state index >= 15 is 0 Å². The molecule has 0 aliphatic carbocycles. The molecule has 1 aliphatic rings. The molecule has 0 saturated carbocycles. The molecule has 1 aromatic heterocycles. The maximum atomic E-state index is 13.6. The van der Waals surface area contributed by atoms with Crippen molar-refractivity contribution in [2.45, 2.75) is 25.4 Å². The minimum Gasteiger partial charge on any atom is -0.482 e. The monoisotopic (exact) mass is 488 g/mol. The topological polar surface area (TPSA) is 71.8 Å². The van der Waals surface area contributed by atoms with Gasteiger partial charge in [-0.05, 0) is 47.4 Å². The van der Waals surface area contributed by atoms with Crippen LogP contribution in [0.25, 0.3) is 10.9 Å². The molecule has 5 rings (SSSR count). The standard InChI is InChI=1S/C28H25ClN2O4/c1-30-15-19(21-7-4-5-9-24(21)30)10-13-26(32)31-16-18-6-2-3-8-22(18)28(31)23-14-20(29)11-12-25(23)35-17-27(33)34/h2-9,11-12,14-15,28H,10,13,16-17H2,1H3,(H,33,34). The second-order valence-corrected chi connectivity index (χ2v) is 9.21. The van der Waals surface area contributed by atoms with Gasteiger partial charge in [-0.3, -0.25) is 4.79 Å². The number of aromatic nitrogens is 1. The van der Waals surface area contributed by atoms with Gasteiger partial charge in [-0.1, -0.05) is 54.1 Å². The van der Waals surface area contributed by atoms with Crippen LogP contribution in [0.5, 0.6) is 5.75 Å².